The minimum absolute atomic E-state index is 0.00788. The number of rotatable bonds is 3. The molecule has 0 amide bonds. The van der Waals surface area contributed by atoms with Crippen molar-refractivity contribution in [2.24, 2.45) is 28.1 Å². The highest BCUT2D eigenvalue weighted by atomic mass is 32.1. The monoisotopic (exact) mass is 704 g/mol. The number of carbonyl (C=O) groups excluding carboxylic acids is 6. The zero-order chi connectivity index (χ0) is 34.5. The summed E-state index contributed by atoms with van der Waals surface area (Å²) in [6, 6.07) is 2.27. The fourth-order valence-corrected chi connectivity index (χ4v) is 11.7. The van der Waals surface area contributed by atoms with E-state index in [9.17, 15) is 46.3 Å². The first-order valence-electron chi connectivity index (χ1n) is 15.0. The molecule has 2 atom stereocenters. The summed E-state index contributed by atoms with van der Waals surface area (Å²) in [5, 5.41) is 0. The third-order valence-corrected chi connectivity index (χ3v) is 13.7. The summed E-state index contributed by atoms with van der Waals surface area (Å²) in [6.07, 6.45) is 1.29. The van der Waals surface area contributed by atoms with E-state index in [-0.39, 0.29) is 66.1 Å². The first-order chi connectivity index (χ1) is 21.5. The highest BCUT2D eigenvalue weighted by Crippen LogP contribution is 2.63. The van der Waals surface area contributed by atoms with Crippen molar-refractivity contribution < 1.29 is 46.3 Å². The van der Waals surface area contributed by atoms with Gasteiger partial charge in [0, 0.05) is 32.0 Å². The molecular formula is C34H28F4O6S3. The molecule has 1 fully saturated rings. The Balaban J connectivity index is 1.42. The normalized spacial score (nSPS) is 24.2. The number of hydrogen-bond acceptors (Lipinski definition) is 9. The van der Waals surface area contributed by atoms with Crippen molar-refractivity contribution in [3.8, 4) is 19.5 Å². The Morgan fingerprint density at radius 1 is 0.617 bits per heavy atom. The molecule has 0 aromatic carbocycles. The molecule has 2 unspecified atom stereocenters. The van der Waals surface area contributed by atoms with Gasteiger partial charge in [-0.1, -0.05) is 41.5 Å². The van der Waals surface area contributed by atoms with Crippen molar-refractivity contribution in [2.45, 2.75) is 72.6 Å². The third-order valence-electron chi connectivity index (χ3n) is 9.92. The molecule has 246 valence electrons. The summed E-state index contributed by atoms with van der Waals surface area (Å²) in [5.74, 6) is -15.8. The number of halogens is 4. The maximum absolute atomic E-state index is 14.7. The average Bonchev–Trinajstić information content (AvgIpc) is 3.79. The van der Waals surface area contributed by atoms with Gasteiger partial charge in [-0.05, 0) is 54.1 Å². The molecule has 1 saturated carbocycles. The van der Waals surface area contributed by atoms with E-state index in [1.165, 1.54) is 0 Å². The van der Waals surface area contributed by atoms with Gasteiger partial charge in [-0.25, -0.2) is 0 Å². The number of Topliss-reactive ketones (excluding diaryl/α,β-unsaturated/α-hetero) is 6. The number of alkyl halides is 4. The highest BCUT2D eigenvalue weighted by Gasteiger charge is 2.64. The predicted octanol–water partition coefficient (Wildman–Crippen LogP) is 9.11. The standard InChI is InChI=1S/C34H28F4O6S3/c1-30(2,3)9-12-10-32(11-15(12)31(4,5)6)26(41)18-19(27(32)42)23(17-8-14-21(46-17)29(44)34(37,38)25(14)40)47-22(18)16-7-13-20(45-16)28(43)33(35,36)24(13)39/h7-8,12,15H,9-11H2,1-6H3. The van der Waals surface area contributed by atoms with Gasteiger partial charge in [-0.2, -0.15) is 17.6 Å². The van der Waals surface area contributed by atoms with Crippen LogP contribution in [0.3, 0.4) is 0 Å². The molecule has 0 aliphatic heterocycles. The molecule has 1 spiro atoms. The minimum Gasteiger partial charge on any atom is -0.293 e. The largest absolute Gasteiger partial charge is 0.372 e. The second-order valence-corrected chi connectivity index (χ2v) is 18.5. The van der Waals surface area contributed by atoms with Crippen molar-refractivity contribution >= 4 is 68.7 Å². The van der Waals surface area contributed by atoms with E-state index < -0.39 is 72.8 Å². The zero-order valence-corrected chi connectivity index (χ0v) is 28.6. The van der Waals surface area contributed by atoms with E-state index in [1.54, 1.807) is 0 Å². The molecule has 6 nitrogen and oxygen atoms in total. The first kappa shape index (κ1) is 32.4. The number of hydrogen-bond donors (Lipinski definition) is 0. The van der Waals surface area contributed by atoms with E-state index in [2.05, 4.69) is 41.5 Å². The fourth-order valence-electron chi connectivity index (χ4n) is 7.90. The molecule has 0 saturated heterocycles. The topological polar surface area (TPSA) is 102 Å². The summed E-state index contributed by atoms with van der Waals surface area (Å²) in [4.78, 5) is 79.0. The summed E-state index contributed by atoms with van der Waals surface area (Å²) < 4.78 is 57.0. The first-order valence-corrected chi connectivity index (χ1v) is 17.5. The Morgan fingerprint density at radius 2 is 1.04 bits per heavy atom. The van der Waals surface area contributed by atoms with Crippen LogP contribution in [0, 0.1) is 28.1 Å². The molecule has 7 rings (SSSR count). The lowest BCUT2D eigenvalue weighted by Crippen LogP contribution is -2.32. The van der Waals surface area contributed by atoms with Gasteiger partial charge in [0.15, 0.2) is 11.6 Å². The van der Waals surface area contributed by atoms with Gasteiger partial charge in [0.2, 0.25) is 11.6 Å². The zero-order valence-electron chi connectivity index (χ0n) is 26.1. The van der Waals surface area contributed by atoms with Crippen LogP contribution in [0.25, 0.3) is 19.5 Å². The molecule has 3 aromatic rings. The van der Waals surface area contributed by atoms with Gasteiger partial charge >= 0.3 is 11.8 Å². The fraction of sp³-hybridized carbons (Fsp3) is 0.471. The Hall–Kier alpha value is -3.16. The van der Waals surface area contributed by atoms with Crippen molar-refractivity contribution in [3.05, 3.63) is 44.1 Å². The minimum atomic E-state index is -4.19. The lowest BCUT2D eigenvalue weighted by atomic mass is 9.70. The predicted molar refractivity (Wildman–Crippen MR) is 169 cm³/mol. The molecule has 0 radical (unpaired) electrons. The molecular weight excluding hydrogens is 677 g/mol. The number of thiophene rings is 3. The summed E-state index contributed by atoms with van der Waals surface area (Å²) in [5.41, 5.74) is -2.69. The van der Waals surface area contributed by atoms with Gasteiger partial charge in [0.1, 0.15) is 0 Å². The third kappa shape index (κ3) is 4.24. The van der Waals surface area contributed by atoms with Crippen LogP contribution >= 0.6 is 34.0 Å². The van der Waals surface area contributed by atoms with Crippen molar-refractivity contribution in [3.63, 3.8) is 0 Å². The number of carbonyl (C=O) groups is 6. The lowest BCUT2D eigenvalue weighted by molar-refractivity contribution is 0.0187. The molecule has 47 heavy (non-hydrogen) atoms. The van der Waals surface area contributed by atoms with Gasteiger partial charge in [-0.15, -0.1) is 34.0 Å². The number of ketones is 6. The van der Waals surface area contributed by atoms with Crippen LogP contribution < -0.4 is 0 Å². The number of fused-ring (bicyclic) bond motifs is 3. The Labute approximate surface area is 278 Å². The van der Waals surface area contributed by atoms with E-state index in [4.69, 9.17) is 0 Å². The summed E-state index contributed by atoms with van der Waals surface area (Å²) in [7, 11) is 0. The second kappa shape index (κ2) is 9.50. The SMILES string of the molecule is CC(C)(C)CC1CC2(CC1C(C)(C)C)C(=O)c1c(-c3cc4c(s3)C(=O)C(F)(F)C4=O)sc(-c3cc4c(s3)C(=O)C(F)(F)C4=O)c1C2=O. The van der Waals surface area contributed by atoms with Crippen LogP contribution in [0.2, 0.25) is 0 Å². The van der Waals surface area contributed by atoms with E-state index in [0.717, 1.165) is 29.9 Å². The molecule has 0 bridgehead atoms. The van der Waals surface area contributed by atoms with Crippen LogP contribution in [-0.2, 0) is 0 Å². The van der Waals surface area contributed by atoms with Crippen molar-refractivity contribution in [2.75, 3.05) is 0 Å². The van der Waals surface area contributed by atoms with E-state index >= 15 is 0 Å². The Bertz CT molecular complexity index is 1840. The summed E-state index contributed by atoms with van der Waals surface area (Å²) in [6.45, 7) is 12.5. The van der Waals surface area contributed by atoms with Gasteiger partial charge in [0.25, 0.3) is 11.6 Å². The lowest BCUT2D eigenvalue weighted by Gasteiger charge is -2.35. The van der Waals surface area contributed by atoms with Crippen LogP contribution in [-0.4, -0.2) is 46.5 Å². The summed E-state index contributed by atoms with van der Waals surface area (Å²) >= 11 is 2.17. The molecule has 3 aromatic heterocycles. The van der Waals surface area contributed by atoms with Crippen LogP contribution in [0.4, 0.5) is 17.6 Å². The Kier molecular flexibility index (Phi) is 6.55. The molecule has 0 N–H and O–H groups in total. The van der Waals surface area contributed by atoms with Crippen molar-refractivity contribution in [1.82, 2.24) is 0 Å². The van der Waals surface area contributed by atoms with Gasteiger partial charge < -0.3 is 0 Å². The van der Waals surface area contributed by atoms with Crippen LogP contribution in [0.5, 0.6) is 0 Å². The molecule has 3 heterocycles. The van der Waals surface area contributed by atoms with Gasteiger partial charge in [-0.3, -0.25) is 28.8 Å². The smallest absolute Gasteiger partial charge is 0.293 e. The van der Waals surface area contributed by atoms with Crippen molar-refractivity contribution in [1.29, 1.82) is 0 Å². The average molecular weight is 705 g/mol. The Morgan fingerprint density at radius 3 is 1.40 bits per heavy atom. The van der Waals surface area contributed by atoms with Gasteiger partial charge in [0.05, 0.1) is 24.9 Å². The maximum atomic E-state index is 14.7. The second-order valence-electron chi connectivity index (χ2n) is 15.3. The molecule has 13 heteroatoms. The van der Waals surface area contributed by atoms with E-state index in [0.29, 0.717) is 22.7 Å². The quantitative estimate of drug-likeness (QED) is 0.199. The molecule has 4 aliphatic rings. The van der Waals surface area contributed by atoms with Crippen LogP contribution in [0.15, 0.2) is 12.1 Å². The highest BCUT2D eigenvalue weighted by molar-refractivity contribution is 7.28. The maximum Gasteiger partial charge on any atom is 0.372 e. The van der Waals surface area contributed by atoms with E-state index in [1.807, 2.05) is 0 Å². The molecule has 4 aliphatic carbocycles. The van der Waals surface area contributed by atoms with Crippen LogP contribution in [0.1, 0.15) is 122 Å².